The van der Waals surface area contributed by atoms with Gasteiger partial charge in [0.15, 0.2) is 0 Å². The van der Waals surface area contributed by atoms with Gasteiger partial charge in [-0.1, -0.05) is 0 Å². The molecule has 0 saturated carbocycles. The molecule has 2 rings (SSSR count). The Hall–Kier alpha value is -1.62. The smallest absolute Gasteiger partial charge is 0.255 e. The summed E-state index contributed by atoms with van der Waals surface area (Å²) in [5.41, 5.74) is 0.323. The number of aromatic nitrogens is 1. The summed E-state index contributed by atoms with van der Waals surface area (Å²) in [6.07, 6.45) is 1.45. The standard InChI is InChI=1S/C10H13N3O2/c1-13(8-5-11-6-8)10(15)7-2-3-9(14)12-4-7/h2-4,8,11H,5-6H2,1H3,(H,12,14). The quantitative estimate of drug-likeness (QED) is 0.682. The normalized spacial score (nSPS) is 15.8. The van der Waals surface area contributed by atoms with Crippen LogP contribution in [0.15, 0.2) is 23.1 Å². The topological polar surface area (TPSA) is 65.2 Å². The van der Waals surface area contributed by atoms with Gasteiger partial charge in [0.05, 0.1) is 11.6 Å². The third-order valence-corrected chi connectivity index (χ3v) is 2.66. The lowest BCUT2D eigenvalue weighted by Crippen LogP contribution is -2.57. The summed E-state index contributed by atoms with van der Waals surface area (Å²) >= 11 is 0. The number of hydrogen-bond donors (Lipinski definition) is 2. The van der Waals surface area contributed by atoms with Gasteiger partial charge < -0.3 is 15.2 Å². The minimum absolute atomic E-state index is 0.0576. The number of amides is 1. The number of hydrogen-bond acceptors (Lipinski definition) is 3. The van der Waals surface area contributed by atoms with Gasteiger partial charge in [-0.15, -0.1) is 0 Å². The van der Waals surface area contributed by atoms with Gasteiger partial charge in [0.2, 0.25) is 5.56 Å². The number of likely N-dealkylation sites (N-methyl/N-ethyl adjacent to an activating group) is 1. The van der Waals surface area contributed by atoms with Crippen LogP contribution in [0.25, 0.3) is 0 Å². The second-order valence-corrected chi connectivity index (χ2v) is 3.67. The first-order valence-corrected chi connectivity index (χ1v) is 4.85. The van der Waals surface area contributed by atoms with Crippen molar-refractivity contribution in [1.82, 2.24) is 15.2 Å². The second kappa shape index (κ2) is 3.86. The van der Waals surface area contributed by atoms with Crippen molar-refractivity contribution in [3.63, 3.8) is 0 Å². The first kappa shape index (κ1) is 9.92. The molecular formula is C10H13N3O2. The van der Waals surface area contributed by atoms with E-state index in [1.54, 1.807) is 18.0 Å². The first-order valence-electron chi connectivity index (χ1n) is 4.85. The Morgan fingerprint density at radius 2 is 2.20 bits per heavy atom. The molecule has 5 nitrogen and oxygen atoms in total. The van der Waals surface area contributed by atoms with Gasteiger partial charge in [-0.05, 0) is 6.07 Å². The molecule has 1 aromatic heterocycles. The zero-order valence-electron chi connectivity index (χ0n) is 8.49. The highest BCUT2D eigenvalue weighted by Crippen LogP contribution is 2.07. The maximum absolute atomic E-state index is 11.9. The molecule has 0 aromatic carbocycles. The van der Waals surface area contributed by atoms with Crippen LogP contribution in [-0.2, 0) is 0 Å². The Bertz CT molecular complexity index is 402. The highest BCUT2D eigenvalue weighted by molar-refractivity contribution is 5.94. The third-order valence-electron chi connectivity index (χ3n) is 2.66. The fourth-order valence-corrected chi connectivity index (χ4v) is 1.46. The number of rotatable bonds is 2. The van der Waals surface area contributed by atoms with E-state index in [0.29, 0.717) is 5.56 Å². The molecule has 80 valence electrons. The van der Waals surface area contributed by atoms with Gasteiger partial charge in [-0.25, -0.2) is 0 Å². The summed E-state index contributed by atoms with van der Waals surface area (Å²) < 4.78 is 0. The van der Waals surface area contributed by atoms with Gasteiger partial charge >= 0.3 is 0 Å². The molecule has 1 amide bonds. The van der Waals surface area contributed by atoms with E-state index < -0.39 is 0 Å². The van der Waals surface area contributed by atoms with E-state index in [1.807, 2.05) is 0 Å². The zero-order chi connectivity index (χ0) is 10.8. The lowest BCUT2D eigenvalue weighted by atomic mass is 10.1. The van der Waals surface area contributed by atoms with E-state index in [4.69, 9.17) is 0 Å². The zero-order valence-corrected chi connectivity index (χ0v) is 8.49. The van der Waals surface area contributed by atoms with E-state index in [-0.39, 0.29) is 17.5 Å². The number of H-pyrrole nitrogens is 1. The minimum Gasteiger partial charge on any atom is -0.336 e. The maximum Gasteiger partial charge on any atom is 0.255 e. The SMILES string of the molecule is CN(C(=O)c1ccc(=O)[nH]c1)C1CNC1. The van der Waals surface area contributed by atoms with E-state index in [0.717, 1.165) is 13.1 Å². The van der Waals surface area contributed by atoms with Crippen molar-refractivity contribution < 1.29 is 4.79 Å². The third kappa shape index (κ3) is 1.92. The molecule has 0 unspecified atom stereocenters. The summed E-state index contributed by atoms with van der Waals surface area (Å²) in [6.45, 7) is 1.68. The van der Waals surface area contributed by atoms with E-state index in [9.17, 15) is 9.59 Å². The first-order chi connectivity index (χ1) is 7.18. The average molecular weight is 207 g/mol. The van der Waals surface area contributed by atoms with Gasteiger partial charge in [0, 0.05) is 32.4 Å². The monoisotopic (exact) mass is 207 g/mol. The maximum atomic E-state index is 11.9. The van der Waals surface area contributed by atoms with Crippen LogP contribution in [0.4, 0.5) is 0 Å². The van der Waals surface area contributed by atoms with Crippen molar-refractivity contribution in [2.75, 3.05) is 20.1 Å². The minimum atomic E-state index is -0.195. The molecule has 0 atom stereocenters. The molecule has 0 bridgehead atoms. The Kier molecular flexibility index (Phi) is 2.55. The second-order valence-electron chi connectivity index (χ2n) is 3.67. The van der Waals surface area contributed by atoms with Crippen LogP contribution in [0.5, 0.6) is 0 Å². The summed E-state index contributed by atoms with van der Waals surface area (Å²) in [7, 11) is 1.78. The van der Waals surface area contributed by atoms with Gasteiger partial charge in [-0.3, -0.25) is 9.59 Å². The van der Waals surface area contributed by atoms with Crippen molar-refractivity contribution in [2.45, 2.75) is 6.04 Å². The number of pyridine rings is 1. The van der Waals surface area contributed by atoms with Crippen LogP contribution in [0, 0.1) is 0 Å². The highest BCUT2D eigenvalue weighted by atomic mass is 16.2. The van der Waals surface area contributed by atoms with E-state index >= 15 is 0 Å². The molecule has 1 saturated heterocycles. The fourth-order valence-electron chi connectivity index (χ4n) is 1.46. The van der Waals surface area contributed by atoms with E-state index in [2.05, 4.69) is 10.3 Å². The molecule has 2 heterocycles. The van der Waals surface area contributed by atoms with Crippen molar-refractivity contribution in [1.29, 1.82) is 0 Å². The summed E-state index contributed by atoms with van der Waals surface area (Å²) in [4.78, 5) is 26.9. The number of aromatic amines is 1. The van der Waals surface area contributed by atoms with Crippen molar-refractivity contribution in [2.24, 2.45) is 0 Å². The molecule has 0 aliphatic carbocycles. The molecule has 1 aromatic rings. The molecule has 15 heavy (non-hydrogen) atoms. The van der Waals surface area contributed by atoms with Gasteiger partial charge in [-0.2, -0.15) is 0 Å². The summed E-state index contributed by atoms with van der Waals surface area (Å²) in [6, 6.07) is 3.17. The van der Waals surface area contributed by atoms with Crippen LogP contribution < -0.4 is 10.9 Å². The predicted molar refractivity (Wildman–Crippen MR) is 55.8 cm³/mol. The summed E-state index contributed by atoms with van der Waals surface area (Å²) in [5.74, 6) is -0.0576. The van der Waals surface area contributed by atoms with Crippen LogP contribution >= 0.6 is 0 Å². The molecule has 2 N–H and O–H groups in total. The number of nitrogens with zero attached hydrogens (tertiary/aromatic N) is 1. The lowest BCUT2D eigenvalue weighted by molar-refractivity contribution is 0.0681. The summed E-state index contributed by atoms with van der Waals surface area (Å²) in [5, 5.41) is 3.11. The van der Waals surface area contributed by atoms with Crippen LogP contribution in [-0.4, -0.2) is 42.0 Å². The molecule has 0 spiro atoms. The van der Waals surface area contributed by atoms with Crippen LogP contribution in [0.1, 0.15) is 10.4 Å². The Morgan fingerprint density at radius 3 is 2.67 bits per heavy atom. The number of nitrogens with one attached hydrogen (secondary N) is 2. The molecule has 0 radical (unpaired) electrons. The Labute approximate surface area is 87.1 Å². The van der Waals surface area contributed by atoms with E-state index in [1.165, 1.54) is 12.3 Å². The largest absolute Gasteiger partial charge is 0.336 e. The van der Waals surface area contributed by atoms with Crippen molar-refractivity contribution in [3.8, 4) is 0 Å². The van der Waals surface area contributed by atoms with Crippen molar-refractivity contribution >= 4 is 5.91 Å². The Balaban J connectivity index is 2.12. The number of carbonyl (C=O) groups excluding carboxylic acids is 1. The van der Waals surface area contributed by atoms with Crippen molar-refractivity contribution in [3.05, 3.63) is 34.2 Å². The number of carbonyl (C=O) groups is 1. The van der Waals surface area contributed by atoms with Gasteiger partial charge in [0.25, 0.3) is 5.91 Å². The fraction of sp³-hybridized carbons (Fsp3) is 0.400. The molecule has 1 aliphatic rings. The van der Waals surface area contributed by atoms with Crippen LogP contribution in [0.2, 0.25) is 0 Å². The average Bonchev–Trinajstić information content (AvgIpc) is 2.15. The Morgan fingerprint density at radius 1 is 1.47 bits per heavy atom. The highest BCUT2D eigenvalue weighted by Gasteiger charge is 2.25. The molecule has 5 heteroatoms. The lowest BCUT2D eigenvalue weighted by Gasteiger charge is -2.35. The molecule has 1 fully saturated rings. The molecule has 1 aliphatic heterocycles. The van der Waals surface area contributed by atoms with Crippen LogP contribution in [0.3, 0.4) is 0 Å². The predicted octanol–water partition coefficient (Wildman–Crippen LogP) is -0.581. The van der Waals surface area contributed by atoms with Gasteiger partial charge in [0.1, 0.15) is 0 Å². The molecular weight excluding hydrogens is 194 g/mol.